The second kappa shape index (κ2) is 5.53. The molecule has 3 rings (SSSR count). The third-order valence-electron chi connectivity index (χ3n) is 3.39. The van der Waals surface area contributed by atoms with Crippen molar-refractivity contribution in [2.75, 3.05) is 6.61 Å². The smallest absolute Gasteiger partial charge is 0.127 e. The maximum absolute atomic E-state index is 6.16. The lowest BCUT2D eigenvalue weighted by Crippen LogP contribution is -2.17. The maximum atomic E-state index is 6.16. The van der Waals surface area contributed by atoms with Crippen LogP contribution in [0.15, 0.2) is 29.6 Å². The van der Waals surface area contributed by atoms with E-state index < -0.39 is 0 Å². The van der Waals surface area contributed by atoms with Gasteiger partial charge in [-0.25, -0.2) is 0 Å². The van der Waals surface area contributed by atoms with Gasteiger partial charge in [-0.2, -0.15) is 0 Å². The zero-order valence-corrected chi connectivity index (χ0v) is 12.4. The summed E-state index contributed by atoms with van der Waals surface area (Å²) in [6.07, 6.45) is 0.962. The minimum absolute atomic E-state index is 0.344. The van der Waals surface area contributed by atoms with Crippen molar-refractivity contribution in [1.29, 1.82) is 0 Å². The Kier molecular flexibility index (Phi) is 3.78. The Morgan fingerprint density at radius 2 is 2.37 bits per heavy atom. The van der Waals surface area contributed by atoms with Gasteiger partial charge in [-0.05, 0) is 36.1 Å². The summed E-state index contributed by atoms with van der Waals surface area (Å²) in [4.78, 5) is 1.35. The van der Waals surface area contributed by atoms with Crippen LogP contribution in [0.5, 0.6) is 5.75 Å². The summed E-state index contributed by atoms with van der Waals surface area (Å²) in [5, 5.41) is 6.43. The maximum Gasteiger partial charge on any atom is 0.127 e. The van der Waals surface area contributed by atoms with Gasteiger partial charge in [0.1, 0.15) is 5.75 Å². The first-order chi connectivity index (χ1) is 9.24. The third kappa shape index (κ3) is 2.78. The molecule has 4 heteroatoms. The summed E-state index contributed by atoms with van der Waals surface area (Å²) in [6, 6.07) is 8.59. The molecule has 0 amide bonds. The monoisotopic (exact) mass is 293 g/mol. The van der Waals surface area contributed by atoms with Crippen LogP contribution >= 0.6 is 22.9 Å². The van der Waals surface area contributed by atoms with Crippen LogP contribution in [0.25, 0.3) is 0 Å². The summed E-state index contributed by atoms with van der Waals surface area (Å²) in [5.74, 6) is 1.02. The number of benzene rings is 1. The lowest BCUT2D eigenvalue weighted by atomic mass is 10.1. The average molecular weight is 294 g/mol. The Labute approximate surface area is 122 Å². The zero-order valence-electron chi connectivity index (χ0n) is 10.8. The van der Waals surface area contributed by atoms with Crippen LogP contribution in [0.1, 0.15) is 29.0 Å². The van der Waals surface area contributed by atoms with Crippen LogP contribution in [-0.4, -0.2) is 6.61 Å². The predicted octanol–water partition coefficient (Wildman–Crippen LogP) is 4.19. The van der Waals surface area contributed by atoms with Crippen molar-refractivity contribution in [2.24, 2.45) is 0 Å². The van der Waals surface area contributed by atoms with E-state index in [1.807, 2.05) is 12.1 Å². The number of thiophene rings is 1. The van der Waals surface area contributed by atoms with Crippen LogP contribution in [0.2, 0.25) is 5.02 Å². The summed E-state index contributed by atoms with van der Waals surface area (Å²) in [6.45, 7) is 3.72. The number of ether oxygens (including phenoxy) is 1. The number of hydrogen-bond acceptors (Lipinski definition) is 3. The Balaban J connectivity index is 1.74. The zero-order chi connectivity index (χ0) is 13.2. The molecule has 1 aromatic carbocycles. The second-order valence-electron chi connectivity index (χ2n) is 4.77. The summed E-state index contributed by atoms with van der Waals surface area (Å²) in [5.41, 5.74) is 2.39. The first-order valence-corrected chi connectivity index (χ1v) is 7.70. The molecule has 0 saturated heterocycles. The van der Waals surface area contributed by atoms with E-state index in [9.17, 15) is 0 Å². The number of fused-ring (bicyclic) bond motifs is 1. The van der Waals surface area contributed by atoms with E-state index in [2.05, 4.69) is 29.8 Å². The molecule has 0 bridgehead atoms. The molecule has 0 saturated carbocycles. The Hall–Kier alpha value is -1.03. The molecule has 100 valence electrons. The van der Waals surface area contributed by atoms with Crippen LogP contribution in [0, 0.1) is 0 Å². The van der Waals surface area contributed by atoms with Crippen molar-refractivity contribution < 1.29 is 4.74 Å². The van der Waals surface area contributed by atoms with E-state index in [4.69, 9.17) is 16.3 Å². The molecule has 19 heavy (non-hydrogen) atoms. The highest BCUT2D eigenvalue weighted by molar-refractivity contribution is 7.10. The molecule has 2 aromatic rings. The van der Waals surface area contributed by atoms with Crippen molar-refractivity contribution in [3.05, 3.63) is 50.7 Å². The van der Waals surface area contributed by atoms with Gasteiger partial charge in [0.15, 0.2) is 0 Å². The molecule has 1 N–H and O–H groups in total. The van der Waals surface area contributed by atoms with E-state index >= 15 is 0 Å². The lowest BCUT2D eigenvalue weighted by molar-refractivity contribution is 0.352. The molecule has 0 fully saturated rings. The van der Waals surface area contributed by atoms with Gasteiger partial charge >= 0.3 is 0 Å². The summed E-state index contributed by atoms with van der Waals surface area (Å²) in [7, 11) is 0. The first kappa shape index (κ1) is 13.0. The molecule has 0 unspecified atom stereocenters. The normalized spacial score (nSPS) is 15.1. The molecule has 1 aliphatic heterocycles. The largest absolute Gasteiger partial charge is 0.493 e. The van der Waals surface area contributed by atoms with E-state index in [0.29, 0.717) is 6.04 Å². The number of hydrogen-bond donors (Lipinski definition) is 1. The van der Waals surface area contributed by atoms with Gasteiger partial charge in [-0.1, -0.05) is 17.7 Å². The van der Waals surface area contributed by atoms with Gasteiger partial charge in [0, 0.05) is 34.5 Å². The van der Waals surface area contributed by atoms with Crippen molar-refractivity contribution in [1.82, 2.24) is 5.32 Å². The highest BCUT2D eigenvalue weighted by Crippen LogP contribution is 2.33. The van der Waals surface area contributed by atoms with Crippen molar-refractivity contribution >= 4 is 22.9 Å². The van der Waals surface area contributed by atoms with Gasteiger partial charge in [0.25, 0.3) is 0 Å². The van der Waals surface area contributed by atoms with Gasteiger partial charge in [0.05, 0.1) is 6.61 Å². The summed E-state index contributed by atoms with van der Waals surface area (Å²) < 4.78 is 5.71. The standard InChI is InChI=1S/C15H16ClNOS/c1-10(14-3-2-6-19-14)17-9-12-8-13(16)7-11-4-5-18-15(11)12/h2-3,6-8,10,17H,4-5,9H2,1H3/t10-/m1/s1. The molecule has 0 aliphatic carbocycles. The molecule has 1 aromatic heterocycles. The lowest BCUT2D eigenvalue weighted by Gasteiger charge is -2.14. The first-order valence-electron chi connectivity index (χ1n) is 6.45. The fraction of sp³-hybridized carbons (Fsp3) is 0.333. The Morgan fingerprint density at radius 3 is 3.16 bits per heavy atom. The minimum atomic E-state index is 0.344. The molecule has 1 aliphatic rings. The number of rotatable bonds is 4. The molecule has 2 nitrogen and oxygen atoms in total. The highest BCUT2D eigenvalue weighted by Gasteiger charge is 2.18. The predicted molar refractivity (Wildman–Crippen MR) is 80.2 cm³/mol. The van der Waals surface area contributed by atoms with Crippen LogP contribution in [0.4, 0.5) is 0 Å². The van der Waals surface area contributed by atoms with E-state index in [-0.39, 0.29) is 0 Å². The fourth-order valence-electron chi connectivity index (χ4n) is 2.38. The molecule has 2 heterocycles. The van der Waals surface area contributed by atoms with Crippen LogP contribution < -0.4 is 10.1 Å². The Morgan fingerprint density at radius 1 is 1.47 bits per heavy atom. The third-order valence-corrected chi connectivity index (χ3v) is 4.67. The van der Waals surface area contributed by atoms with Crippen LogP contribution in [-0.2, 0) is 13.0 Å². The second-order valence-corrected chi connectivity index (χ2v) is 6.19. The molecular weight excluding hydrogens is 278 g/mol. The molecular formula is C15H16ClNOS. The van der Waals surface area contributed by atoms with Crippen molar-refractivity contribution in [2.45, 2.75) is 25.9 Å². The Bertz CT molecular complexity index is 568. The topological polar surface area (TPSA) is 21.3 Å². The molecule has 0 spiro atoms. The van der Waals surface area contributed by atoms with Crippen molar-refractivity contribution in [3.8, 4) is 5.75 Å². The molecule has 1 atom stereocenters. The van der Waals surface area contributed by atoms with Gasteiger partial charge in [-0.3, -0.25) is 0 Å². The highest BCUT2D eigenvalue weighted by atomic mass is 35.5. The van der Waals surface area contributed by atoms with Gasteiger partial charge in [-0.15, -0.1) is 11.3 Å². The number of halogens is 1. The number of nitrogens with one attached hydrogen (secondary N) is 1. The fourth-order valence-corrected chi connectivity index (χ4v) is 3.40. The van der Waals surface area contributed by atoms with E-state index in [1.165, 1.54) is 10.4 Å². The van der Waals surface area contributed by atoms with E-state index in [0.717, 1.165) is 35.9 Å². The van der Waals surface area contributed by atoms with E-state index in [1.54, 1.807) is 11.3 Å². The van der Waals surface area contributed by atoms with Crippen LogP contribution in [0.3, 0.4) is 0 Å². The molecule has 0 radical (unpaired) electrons. The van der Waals surface area contributed by atoms with Gasteiger partial charge in [0.2, 0.25) is 0 Å². The SMILES string of the molecule is C[C@@H](NCc1cc(Cl)cc2c1OCC2)c1cccs1. The van der Waals surface area contributed by atoms with Crippen molar-refractivity contribution in [3.63, 3.8) is 0 Å². The quantitative estimate of drug-likeness (QED) is 0.913. The minimum Gasteiger partial charge on any atom is -0.493 e. The summed E-state index contributed by atoms with van der Waals surface area (Å²) >= 11 is 7.94. The van der Waals surface area contributed by atoms with Gasteiger partial charge < -0.3 is 10.1 Å². The average Bonchev–Trinajstić information content (AvgIpc) is 3.05.